The number of methoxy groups -OCH3 is 1. The molecule has 0 saturated carbocycles. The Balaban J connectivity index is 1.75. The summed E-state index contributed by atoms with van der Waals surface area (Å²) >= 11 is 1.55. The Morgan fingerprint density at radius 1 is 1.10 bits per heavy atom. The van der Waals surface area contributed by atoms with E-state index in [9.17, 15) is 4.79 Å². The first-order chi connectivity index (χ1) is 14.5. The number of carbonyl (C=O) groups excluding carboxylic acids is 1. The highest BCUT2D eigenvalue weighted by Crippen LogP contribution is 2.37. The van der Waals surface area contributed by atoms with Crippen molar-refractivity contribution in [2.24, 2.45) is 0 Å². The average molecular weight is 423 g/mol. The molecule has 8 heteroatoms. The van der Waals surface area contributed by atoms with Gasteiger partial charge in [-0.1, -0.05) is 0 Å². The first-order valence-electron chi connectivity index (χ1n) is 9.50. The Morgan fingerprint density at radius 3 is 2.70 bits per heavy atom. The van der Waals surface area contributed by atoms with Crippen molar-refractivity contribution in [2.75, 3.05) is 20.3 Å². The summed E-state index contributed by atoms with van der Waals surface area (Å²) in [5.41, 5.74) is 5.40. The van der Waals surface area contributed by atoms with Gasteiger partial charge in [0.2, 0.25) is 5.88 Å². The topological polar surface area (TPSA) is 83.4 Å². The van der Waals surface area contributed by atoms with Crippen LogP contribution >= 0.6 is 11.3 Å². The zero-order valence-electron chi connectivity index (χ0n) is 17.2. The lowest BCUT2D eigenvalue weighted by Gasteiger charge is -2.06. The van der Waals surface area contributed by atoms with Gasteiger partial charge in [-0.25, -0.2) is 19.7 Å². The number of fused-ring (bicyclic) bond motifs is 2. The summed E-state index contributed by atoms with van der Waals surface area (Å²) in [5.74, 6) is 0.699. The third-order valence-corrected chi connectivity index (χ3v) is 5.57. The van der Waals surface area contributed by atoms with Gasteiger partial charge in [-0.15, -0.1) is 11.3 Å². The highest BCUT2D eigenvalue weighted by atomic mass is 32.1. The molecule has 0 saturated heterocycles. The van der Waals surface area contributed by atoms with Crippen LogP contribution in [0.25, 0.3) is 31.8 Å². The molecule has 0 N–H and O–H groups in total. The maximum absolute atomic E-state index is 11.6. The van der Waals surface area contributed by atoms with Crippen LogP contribution in [0.15, 0.2) is 30.5 Å². The summed E-state index contributed by atoms with van der Waals surface area (Å²) in [4.78, 5) is 25.5. The minimum absolute atomic E-state index is 0.121. The van der Waals surface area contributed by atoms with Crippen molar-refractivity contribution in [3.8, 4) is 22.2 Å². The molecule has 0 aliphatic carbocycles. The molecule has 0 unspecified atom stereocenters. The van der Waals surface area contributed by atoms with Crippen molar-refractivity contribution in [3.05, 3.63) is 41.6 Å². The molecule has 0 aliphatic heterocycles. The lowest BCUT2D eigenvalue weighted by atomic mass is 10.1. The van der Waals surface area contributed by atoms with E-state index in [4.69, 9.17) is 19.2 Å². The number of rotatable bonds is 6. The molecule has 0 atom stereocenters. The highest BCUT2D eigenvalue weighted by molar-refractivity contribution is 7.21. The van der Waals surface area contributed by atoms with Crippen LogP contribution in [0.4, 0.5) is 0 Å². The molecular weight excluding hydrogens is 402 g/mol. The van der Waals surface area contributed by atoms with Gasteiger partial charge in [-0.3, -0.25) is 0 Å². The molecule has 2 aromatic carbocycles. The van der Waals surface area contributed by atoms with Gasteiger partial charge in [0.25, 0.3) is 0 Å². The van der Waals surface area contributed by atoms with E-state index in [1.54, 1.807) is 31.6 Å². The van der Waals surface area contributed by atoms with Crippen LogP contribution in [-0.2, 0) is 9.53 Å². The smallest absolute Gasteiger partial charge is 0.344 e. The number of thiazole rings is 1. The van der Waals surface area contributed by atoms with Gasteiger partial charge in [0.15, 0.2) is 6.61 Å². The number of carbonyl (C=O) groups is 1. The fourth-order valence-corrected chi connectivity index (χ4v) is 4.31. The second-order valence-corrected chi connectivity index (χ2v) is 7.82. The maximum atomic E-state index is 11.6. The van der Waals surface area contributed by atoms with E-state index in [0.717, 1.165) is 42.9 Å². The number of aromatic nitrogens is 3. The Morgan fingerprint density at radius 2 is 1.93 bits per heavy atom. The van der Waals surface area contributed by atoms with Crippen molar-refractivity contribution in [1.29, 1.82) is 0 Å². The Kier molecular flexibility index (Phi) is 5.50. The number of nitrogens with zero attached hydrogens (tertiary/aromatic N) is 3. The molecular formula is C22H21N3O4S. The van der Waals surface area contributed by atoms with Crippen molar-refractivity contribution in [1.82, 2.24) is 15.0 Å². The molecule has 0 radical (unpaired) electrons. The lowest BCUT2D eigenvalue weighted by molar-refractivity contribution is -0.145. The molecule has 0 spiro atoms. The Hall–Kier alpha value is -3.26. The zero-order valence-corrected chi connectivity index (χ0v) is 18.0. The van der Waals surface area contributed by atoms with E-state index in [1.165, 1.54) is 0 Å². The van der Waals surface area contributed by atoms with Gasteiger partial charge < -0.3 is 14.2 Å². The summed E-state index contributed by atoms with van der Waals surface area (Å²) in [7, 11) is 1.57. The lowest BCUT2D eigenvalue weighted by Crippen LogP contribution is -2.14. The summed E-state index contributed by atoms with van der Waals surface area (Å²) in [6.07, 6.45) is 1.61. The highest BCUT2D eigenvalue weighted by Gasteiger charge is 2.15. The molecule has 154 valence electrons. The van der Waals surface area contributed by atoms with Crippen LogP contribution in [0.1, 0.15) is 18.1 Å². The Labute approximate surface area is 177 Å². The minimum atomic E-state index is -0.388. The van der Waals surface area contributed by atoms with Gasteiger partial charge in [0, 0.05) is 5.56 Å². The van der Waals surface area contributed by atoms with Crippen LogP contribution in [0.2, 0.25) is 0 Å². The van der Waals surface area contributed by atoms with Crippen LogP contribution in [0, 0.1) is 13.8 Å². The summed E-state index contributed by atoms with van der Waals surface area (Å²) in [5, 5.41) is 0.851. The molecule has 0 amide bonds. The number of ether oxygens (including phenoxy) is 3. The van der Waals surface area contributed by atoms with Crippen LogP contribution in [-0.4, -0.2) is 41.2 Å². The van der Waals surface area contributed by atoms with E-state index in [1.807, 2.05) is 32.0 Å². The largest absolute Gasteiger partial charge is 0.482 e. The van der Waals surface area contributed by atoms with E-state index in [0.29, 0.717) is 18.2 Å². The molecule has 0 fully saturated rings. The quantitative estimate of drug-likeness (QED) is 0.423. The van der Waals surface area contributed by atoms with Crippen molar-refractivity contribution >= 4 is 38.6 Å². The van der Waals surface area contributed by atoms with Gasteiger partial charge >= 0.3 is 5.97 Å². The third kappa shape index (κ3) is 3.91. The molecule has 2 heterocycles. The molecule has 30 heavy (non-hydrogen) atoms. The second-order valence-electron chi connectivity index (χ2n) is 6.79. The van der Waals surface area contributed by atoms with Crippen molar-refractivity contribution in [3.63, 3.8) is 0 Å². The first kappa shape index (κ1) is 20.0. The minimum Gasteiger partial charge on any atom is -0.482 e. The number of hydrogen-bond acceptors (Lipinski definition) is 8. The standard InChI is InChI=1S/C22H21N3O4S/c1-5-28-19(26)11-29-14-8-13(3)20-17(9-14)30-22(25-20)15-6-12(2)7-16-21(15)23-10-18(24-16)27-4/h6-10H,5,11H2,1-4H3. The van der Waals surface area contributed by atoms with E-state index in [-0.39, 0.29) is 12.6 Å². The van der Waals surface area contributed by atoms with Gasteiger partial charge in [0.1, 0.15) is 10.8 Å². The van der Waals surface area contributed by atoms with Crippen LogP contribution < -0.4 is 9.47 Å². The molecule has 4 rings (SSSR count). The van der Waals surface area contributed by atoms with Gasteiger partial charge in [0.05, 0.1) is 41.2 Å². The normalized spacial score (nSPS) is 11.1. The monoisotopic (exact) mass is 423 g/mol. The zero-order chi connectivity index (χ0) is 21.3. The SMILES string of the molecule is CCOC(=O)COc1cc(C)c2nc(-c3cc(C)cc4nc(OC)cnc34)sc2c1. The number of hydrogen-bond donors (Lipinski definition) is 0. The predicted octanol–water partition coefficient (Wildman–Crippen LogP) is 4.47. The van der Waals surface area contributed by atoms with Crippen LogP contribution in [0.5, 0.6) is 11.6 Å². The van der Waals surface area contributed by atoms with E-state index in [2.05, 4.69) is 16.0 Å². The third-order valence-electron chi connectivity index (χ3n) is 4.53. The fourth-order valence-electron chi connectivity index (χ4n) is 3.22. The number of aryl methyl sites for hydroxylation is 2. The van der Waals surface area contributed by atoms with Crippen LogP contribution in [0.3, 0.4) is 0 Å². The van der Waals surface area contributed by atoms with Gasteiger partial charge in [-0.05, 0) is 56.2 Å². The average Bonchev–Trinajstić information content (AvgIpc) is 3.16. The molecule has 2 aromatic heterocycles. The van der Waals surface area contributed by atoms with Crippen molar-refractivity contribution in [2.45, 2.75) is 20.8 Å². The van der Waals surface area contributed by atoms with E-state index < -0.39 is 0 Å². The summed E-state index contributed by atoms with van der Waals surface area (Å²) in [6, 6.07) is 7.82. The molecule has 7 nitrogen and oxygen atoms in total. The summed E-state index contributed by atoms with van der Waals surface area (Å²) in [6.45, 7) is 5.97. The Bertz CT molecular complexity index is 1250. The first-order valence-corrected chi connectivity index (χ1v) is 10.3. The second kappa shape index (κ2) is 8.23. The summed E-state index contributed by atoms with van der Waals surface area (Å²) < 4.78 is 16.7. The van der Waals surface area contributed by atoms with Crippen molar-refractivity contribution < 1.29 is 19.0 Å². The maximum Gasteiger partial charge on any atom is 0.344 e. The van der Waals surface area contributed by atoms with E-state index >= 15 is 0 Å². The predicted molar refractivity (Wildman–Crippen MR) is 116 cm³/mol. The van der Waals surface area contributed by atoms with Gasteiger partial charge in [-0.2, -0.15) is 0 Å². The molecule has 0 aliphatic rings. The molecule has 0 bridgehead atoms. The number of esters is 1. The fraction of sp³-hybridized carbons (Fsp3) is 0.273. The molecule has 4 aromatic rings. The number of benzene rings is 2.